The Morgan fingerprint density at radius 1 is 0.947 bits per heavy atom. The number of nitrogen functional groups attached to an aromatic ring is 1. The van der Waals surface area contributed by atoms with E-state index in [9.17, 15) is 9.59 Å². The second-order valence-corrected chi connectivity index (χ2v) is 10.7. The average molecular weight is 514 g/mol. The van der Waals surface area contributed by atoms with E-state index in [1.807, 2.05) is 59.1 Å². The summed E-state index contributed by atoms with van der Waals surface area (Å²) in [6, 6.07) is 16.9. The third-order valence-corrected chi connectivity index (χ3v) is 8.07. The summed E-state index contributed by atoms with van der Waals surface area (Å²) in [6.07, 6.45) is 7.98. The molecule has 3 aromatic rings. The predicted molar refractivity (Wildman–Crippen MR) is 152 cm³/mol. The van der Waals surface area contributed by atoms with Crippen molar-refractivity contribution in [3.8, 4) is 0 Å². The quantitative estimate of drug-likeness (QED) is 0.250. The summed E-state index contributed by atoms with van der Waals surface area (Å²) in [7, 11) is 1.96. The van der Waals surface area contributed by atoms with Crippen LogP contribution in [0.1, 0.15) is 70.5 Å². The molecule has 1 fully saturated rings. The van der Waals surface area contributed by atoms with Crippen LogP contribution in [0.3, 0.4) is 0 Å². The minimum atomic E-state index is 0.00149. The lowest BCUT2D eigenvalue weighted by Crippen LogP contribution is -2.38. The second-order valence-electron chi connectivity index (χ2n) is 10.7. The highest BCUT2D eigenvalue weighted by molar-refractivity contribution is 6.06. The number of hydrogen-bond acceptors (Lipinski definition) is 5. The first-order valence-corrected chi connectivity index (χ1v) is 14.0. The Hall–Kier alpha value is -3.45. The molecule has 7 heteroatoms. The van der Waals surface area contributed by atoms with Crippen molar-refractivity contribution in [2.75, 3.05) is 36.8 Å². The van der Waals surface area contributed by atoms with E-state index in [0.29, 0.717) is 17.8 Å². The van der Waals surface area contributed by atoms with Gasteiger partial charge in [0.2, 0.25) is 0 Å². The first-order valence-electron chi connectivity index (χ1n) is 14.0. The van der Waals surface area contributed by atoms with Gasteiger partial charge in [-0.25, -0.2) is 0 Å². The van der Waals surface area contributed by atoms with Gasteiger partial charge in [-0.3, -0.25) is 19.2 Å². The van der Waals surface area contributed by atoms with E-state index in [2.05, 4.69) is 4.90 Å². The lowest BCUT2D eigenvalue weighted by Gasteiger charge is -2.31. The summed E-state index contributed by atoms with van der Waals surface area (Å²) in [5.41, 5.74) is 10.4. The number of anilines is 2. The smallest absolute Gasteiger partial charge is 0.259 e. The Morgan fingerprint density at radius 3 is 2.39 bits per heavy atom. The molecule has 200 valence electrons. The van der Waals surface area contributed by atoms with E-state index in [0.717, 1.165) is 88.1 Å². The number of amides is 1. The Kier molecular flexibility index (Phi) is 8.23. The number of aromatic nitrogens is 2. The van der Waals surface area contributed by atoms with Crippen molar-refractivity contribution in [2.24, 2.45) is 13.0 Å². The molecule has 1 aromatic heterocycles. The third-order valence-electron chi connectivity index (χ3n) is 8.07. The van der Waals surface area contributed by atoms with Gasteiger partial charge in [-0.2, -0.15) is 5.10 Å². The Morgan fingerprint density at radius 2 is 1.66 bits per heavy atom. The van der Waals surface area contributed by atoms with Crippen LogP contribution < -0.4 is 10.6 Å². The van der Waals surface area contributed by atoms with Gasteiger partial charge in [-0.1, -0.05) is 30.3 Å². The molecule has 1 saturated heterocycles. The van der Waals surface area contributed by atoms with Crippen molar-refractivity contribution >= 4 is 23.2 Å². The zero-order chi connectivity index (χ0) is 26.5. The van der Waals surface area contributed by atoms with Gasteiger partial charge < -0.3 is 10.6 Å². The Labute approximate surface area is 225 Å². The van der Waals surface area contributed by atoms with Crippen LogP contribution in [-0.2, 0) is 19.9 Å². The molecule has 1 amide bonds. The number of nitrogens with two attached hydrogens (primary N) is 1. The lowest BCUT2D eigenvalue weighted by atomic mass is 9.89. The molecule has 0 unspecified atom stereocenters. The van der Waals surface area contributed by atoms with Crippen molar-refractivity contribution in [2.45, 2.75) is 51.4 Å². The van der Waals surface area contributed by atoms with E-state index in [1.54, 1.807) is 12.1 Å². The zero-order valence-corrected chi connectivity index (χ0v) is 22.4. The van der Waals surface area contributed by atoms with E-state index in [1.165, 1.54) is 5.56 Å². The first kappa shape index (κ1) is 26.2. The standard InChI is InChI=1S/C31H39N5O2/c1-34-30(27-11-5-6-12-28(27)33-34)36(31(38)25-13-15-26(32)16-14-25)20-8-7-19-35-21-17-24(18-22-35)29(37)23-9-3-2-4-10-23/h2-4,9-10,13-16,24H,5-8,11-12,17-22,32H2,1H3. The normalized spacial score (nSPS) is 16.2. The summed E-state index contributed by atoms with van der Waals surface area (Å²) in [5, 5.41) is 4.77. The number of unbranched alkanes of at least 4 members (excludes halogenated alkanes) is 1. The molecule has 38 heavy (non-hydrogen) atoms. The van der Waals surface area contributed by atoms with Crippen LogP contribution in [0.2, 0.25) is 0 Å². The maximum atomic E-state index is 13.7. The van der Waals surface area contributed by atoms with Crippen LogP contribution in [0.25, 0.3) is 0 Å². The SMILES string of the molecule is Cn1nc2c(c1N(CCCCN1CCC(C(=O)c3ccccc3)CC1)C(=O)c1ccc(N)cc1)CCCC2. The van der Waals surface area contributed by atoms with Crippen molar-refractivity contribution < 1.29 is 9.59 Å². The minimum absolute atomic E-state index is 0.00149. The number of Topliss-reactive ketones (excluding diaryl/α,β-unsaturated/α-hetero) is 1. The van der Waals surface area contributed by atoms with Gasteiger partial charge >= 0.3 is 0 Å². The number of rotatable bonds is 9. The highest BCUT2D eigenvalue weighted by Crippen LogP contribution is 2.31. The number of aryl methyl sites for hydroxylation is 2. The number of ketones is 1. The Bertz CT molecular complexity index is 1240. The van der Waals surface area contributed by atoms with Gasteiger partial charge in [0.05, 0.1) is 5.69 Å². The Balaban J connectivity index is 1.19. The molecule has 1 aliphatic heterocycles. The molecule has 5 rings (SSSR count). The number of piperidine rings is 1. The van der Waals surface area contributed by atoms with Gasteiger partial charge in [0.1, 0.15) is 5.82 Å². The summed E-state index contributed by atoms with van der Waals surface area (Å²) in [6.45, 7) is 3.54. The molecule has 0 saturated carbocycles. The van der Waals surface area contributed by atoms with Gasteiger partial charge in [0, 0.05) is 41.9 Å². The number of benzene rings is 2. The van der Waals surface area contributed by atoms with E-state index in [4.69, 9.17) is 10.8 Å². The molecule has 0 spiro atoms. The predicted octanol–water partition coefficient (Wildman–Crippen LogP) is 4.90. The molecule has 0 atom stereocenters. The van der Waals surface area contributed by atoms with Crippen molar-refractivity contribution in [1.82, 2.24) is 14.7 Å². The van der Waals surface area contributed by atoms with Crippen LogP contribution in [0, 0.1) is 5.92 Å². The molecule has 1 aliphatic carbocycles. The fourth-order valence-electron chi connectivity index (χ4n) is 5.95. The molecule has 2 aliphatic rings. The molecule has 0 radical (unpaired) electrons. The van der Waals surface area contributed by atoms with E-state index < -0.39 is 0 Å². The van der Waals surface area contributed by atoms with Crippen LogP contribution in [-0.4, -0.2) is 52.5 Å². The molecule has 2 aromatic carbocycles. The number of carbonyl (C=O) groups is 2. The van der Waals surface area contributed by atoms with Gasteiger partial charge in [0.15, 0.2) is 5.78 Å². The number of carbonyl (C=O) groups excluding carboxylic acids is 2. The van der Waals surface area contributed by atoms with Crippen LogP contribution in [0.5, 0.6) is 0 Å². The second kappa shape index (κ2) is 11.9. The summed E-state index contributed by atoms with van der Waals surface area (Å²) in [5.74, 6) is 1.35. The highest BCUT2D eigenvalue weighted by atomic mass is 16.2. The molecule has 7 nitrogen and oxygen atoms in total. The molecular weight excluding hydrogens is 474 g/mol. The summed E-state index contributed by atoms with van der Waals surface area (Å²) < 4.78 is 1.90. The van der Waals surface area contributed by atoms with Crippen LogP contribution in [0.15, 0.2) is 54.6 Å². The largest absolute Gasteiger partial charge is 0.399 e. The minimum Gasteiger partial charge on any atom is -0.399 e. The monoisotopic (exact) mass is 513 g/mol. The molecule has 0 bridgehead atoms. The average Bonchev–Trinajstić information content (AvgIpc) is 3.29. The van der Waals surface area contributed by atoms with Crippen molar-refractivity contribution in [1.29, 1.82) is 0 Å². The maximum Gasteiger partial charge on any atom is 0.259 e. The van der Waals surface area contributed by atoms with Crippen molar-refractivity contribution in [3.63, 3.8) is 0 Å². The molecule has 2 heterocycles. The fourth-order valence-corrected chi connectivity index (χ4v) is 5.95. The highest BCUT2D eigenvalue weighted by Gasteiger charge is 2.28. The van der Waals surface area contributed by atoms with Crippen molar-refractivity contribution in [3.05, 3.63) is 77.0 Å². The molecule has 2 N–H and O–H groups in total. The van der Waals surface area contributed by atoms with E-state index in [-0.39, 0.29) is 17.6 Å². The van der Waals surface area contributed by atoms with Gasteiger partial charge in [0.25, 0.3) is 5.91 Å². The van der Waals surface area contributed by atoms with Gasteiger partial charge in [-0.15, -0.1) is 0 Å². The summed E-state index contributed by atoms with van der Waals surface area (Å²) >= 11 is 0. The topological polar surface area (TPSA) is 84.5 Å². The first-order chi connectivity index (χ1) is 18.5. The number of likely N-dealkylation sites (tertiary alicyclic amines) is 1. The van der Waals surface area contributed by atoms with Crippen LogP contribution >= 0.6 is 0 Å². The van der Waals surface area contributed by atoms with Gasteiger partial charge in [-0.05, 0) is 95.3 Å². The maximum absolute atomic E-state index is 13.7. The lowest BCUT2D eigenvalue weighted by molar-refractivity contribution is 0.0839. The third kappa shape index (κ3) is 5.83. The zero-order valence-electron chi connectivity index (χ0n) is 22.4. The summed E-state index contributed by atoms with van der Waals surface area (Å²) in [4.78, 5) is 30.9. The van der Waals surface area contributed by atoms with E-state index >= 15 is 0 Å². The van der Waals surface area contributed by atoms with Crippen LogP contribution in [0.4, 0.5) is 11.5 Å². The number of nitrogens with zero attached hydrogens (tertiary/aromatic N) is 4. The molecular formula is C31H39N5O2. The number of fused-ring (bicyclic) bond motifs is 1. The fraction of sp³-hybridized carbons (Fsp3) is 0.452. The number of hydrogen-bond donors (Lipinski definition) is 1.